The number of aryl methyl sites for hydroxylation is 3. The topological polar surface area (TPSA) is 24.0 Å². The summed E-state index contributed by atoms with van der Waals surface area (Å²) in [5.74, 6) is 0.887. The van der Waals surface area contributed by atoms with E-state index in [0.29, 0.717) is 0 Å². The molecule has 36 heavy (non-hydrogen) atoms. The SMILES string of the molecule is CCCCn1c(-c2cccc3c2c(OC)c(-c2cc4c(Cl)cccc4n2C)n3C)cc2ccccc21. The highest BCUT2D eigenvalue weighted by atomic mass is 35.5. The van der Waals surface area contributed by atoms with Gasteiger partial charge in [0.1, 0.15) is 5.69 Å². The van der Waals surface area contributed by atoms with Gasteiger partial charge in [-0.3, -0.25) is 0 Å². The third kappa shape index (κ3) is 3.28. The minimum atomic E-state index is 0.758. The third-order valence-corrected chi connectivity index (χ3v) is 7.81. The van der Waals surface area contributed by atoms with Crippen molar-refractivity contribution in [2.45, 2.75) is 26.3 Å². The molecule has 0 saturated heterocycles. The molecule has 4 nitrogen and oxygen atoms in total. The summed E-state index contributed by atoms with van der Waals surface area (Å²) >= 11 is 6.57. The Labute approximate surface area is 216 Å². The molecule has 0 amide bonds. The summed E-state index contributed by atoms with van der Waals surface area (Å²) < 4.78 is 13.1. The Bertz CT molecular complexity index is 1750. The highest BCUT2D eigenvalue weighted by Crippen LogP contribution is 2.46. The van der Waals surface area contributed by atoms with Crippen LogP contribution in [0.4, 0.5) is 0 Å². The first-order valence-electron chi connectivity index (χ1n) is 12.5. The number of benzene rings is 3. The quantitative estimate of drug-likeness (QED) is 0.227. The molecule has 182 valence electrons. The number of hydrogen-bond donors (Lipinski definition) is 0. The zero-order valence-electron chi connectivity index (χ0n) is 21.2. The summed E-state index contributed by atoms with van der Waals surface area (Å²) in [5, 5.41) is 4.20. The minimum Gasteiger partial charge on any atom is -0.494 e. The average molecular weight is 496 g/mol. The molecule has 3 aromatic carbocycles. The number of unbranched alkanes of at least 4 members (excludes halogenated alkanes) is 1. The van der Waals surface area contributed by atoms with Crippen LogP contribution in [0.15, 0.2) is 72.8 Å². The number of fused-ring (bicyclic) bond motifs is 3. The standard InChI is InChI=1S/C31H30ClN3O/c1-5-6-17-35-24-14-8-7-11-20(24)18-27(35)21-12-9-16-26-29(21)31(36-4)30(34(26)3)28-19-22-23(32)13-10-15-25(22)33(28)2/h7-16,18-19H,5-6,17H2,1-4H3. The van der Waals surface area contributed by atoms with Crippen LogP contribution >= 0.6 is 11.6 Å². The van der Waals surface area contributed by atoms with E-state index in [-0.39, 0.29) is 0 Å². The molecule has 0 bridgehead atoms. The summed E-state index contributed by atoms with van der Waals surface area (Å²) in [6.45, 7) is 3.23. The molecular formula is C31H30ClN3O. The largest absolute Gasteiger partial charge is 0.494 e. The van der Waals surface area contributed by atoms with Gasteiger partial charge < -0.3 is 18.4 Å². The Balaban J connectivity index is 1.67. The van der Waals surface area contributed by atoms with Crippen LogP contribution in [-0.2, 0) is 20.6 Å². The number of aromatic nitrogens is 3. The van der Waals surface area contributed by atoms with Crippen LogP contribution in [0.1, 0.15) is 19.8 Å². The molecule has 3 aromatic heterocycles. The van der Waals surface area contributed by atoms with Crippen molar-refractivity contribution in [1.29, 1.82) is 0 Å². The third-order valence-electron chi connectivity index (χ3n) is 7.48. The maximum absolute atomic E-state index is 6.57. The van der Waals surface area contributed by atoms with Gasteiger partial charge in [0.25, 0.3) is 0 Å². The van der Waals surface area contributed by atoms with Crippen LogP contribution in [0.5, 0.6) is 5.75 Å². The van der Waals surface area contributed by atoms with Crippen molar-refractivity contribution >= 4 is 44.3 Å². The number of para-hydroxylation sites is 1. The first-order chi connectivity index (χ1) is 17.5. The second kappa shape index (κ2) is 8.79. The molecule has 0 aliphatic rings. The Morgan fingerprint density at radius 3 is 2.33 bits per heavy atom. The predicted octanol–water partition coefficient (Wildman–Crippen LogP) is 8.42. The van der Waals surface area contributed by atoms with Crippen molar-refractivity contribution in [3.8, 4) is 28.4 Å². The molecule has 0 radical (unpaired) electrons. The van der Waals surface area contributed by atoms with E-state index in [1.807, 2.05) is 12.1 Å². The summed E-state index contributed by atoms with van der Waals surface area (Å²) in [6.07, 6.45) is 2.29. The normalized spacial score (nSPS) is 11.8. The smallest absolute Gasteiger partial charge is 0.154 e. The second-order valence-electron chi connectivity index (χ2n) is 9.50. The Hall–Kier alpha value is -3.63. The first-order valence-corrected chi connectivity index (χ1v) is 12.9. The van der Waals surface area contributed by atoms with Gasteiger partial charge in [0, 0.05) is 58.7 Å². The lowest BCUT2D eigenvalue weighted by atomic mass is 10.0. The summed E-state index contributed by atoms with van der Waals surface area (Å²) in [4.78, 5) is 0. The molecule has 0 aliphatic carbocycles. The highest BCUT2D eigenvalue weighted by molar-refractivity contribution is 6.35. The van der Waals surface area contributed by atoms with E-state index in [1.165, 1.54) is 22.2 Å². The van der Waals surface area contributed by atoms with Gasteiger partial charge in [-0.15, -0.1) is 0 Å². The van der Waals surface area contributed by atoms with Gasteiger partial charge in [-0.25, -0.2) is 0 Å². The zero-order valence-corrected chi connectivity index (χ0v) is 21.9. The van der Waals surface area contributed by atoms with Crippen LogP contribution in [0.3, 0.4) is 0 Å². The predicted molar refractivity (Wildman–Crippen MR) is 152 cm³/mol. The summed E-state index contributed by atoms with van der Waals surface area (Å²) in [7, 11) is 5.99. The van der Waals surface area contributed by atoms with Crippen LogP contribution in [-0.4, -0.2) is 20.8 Å². The van der Waals surface area contributed by atoms with Gasteiger partial charge in [0.05, 0.1) is 23.7 Å². The van der Waals surface area contributed by atoms with Gasteiger partial charge >= 0.3 is 0 Å². The molecule has 0 spiro atoms. The molecule has 0 aliphatic heterocycles. The van der Waals surface area contributed by atoms with Crippen LogP contribution in [0.2, 0.25) is 5.02 Å². The van der Waals surface area contributed by atoms with E-state index < -0.39 is 0 Å². The maximum Gasteiger partial charge on any atom is 0.154 e. The van der Waals surface area contributed by atoms with E-state index in [2.05, 4.69) is 95.4 Å². The Kier molecular flexibility index (Phi) is 5.57. The van der Waals surface area contributed by atoms with Gasteiger partial charge in [0.15, 0.2) is 5.75 Å². The molecular weight excluding hydrogens is 466 g/mol. The van der Waals surface area contributed by atoms with Crippen molar-refractivity contribution < 1.29 is 4.74 Å². The molecule has 0 N–H and O–H groups in total. The lowest BCUT2D eigenvalue weighted by Crippen LogP contribution is -2.00. The number of ether oxygens (including phenoxy) is 1. The number of methoxy groups -OCH3 is 1. The molecule has 3 heterocycles. The second-order valence-corrected chi connectivity index (χ2v) is 9.90. The molecule has 0 atom stereocenters. The minimum absolute atomic E-state index is 0.758. The number of hydrogen-bond acceptors (Lipinski definition) is 1. The number of rotatable bonds is 6. The van der Waals surface area contributed by atoms with Crippen molar-refractivity contribution in [1.82, 2.24) is 13.7 Å². The average Bonchev–Trinajstić information content (AvgIpc) is 3.52. The fraction of sp³-hybridized carbons (Fsp3) is 0.226. The van der Waals surface area contributed by atoms with E-state index in [1.54, 1.807) is 7.11 Å². The van der Waals surface area contributed by atoms with Crippen LogP contribution in [0.25, 0.3) is 55.4 Å². The summed E-state index contributed by atoms with van der Waals surface area (Å²) in [5.41, 5.74) is 8.06. The van der Waals surface area contributed by atoms with Crippen LogP contribution < -0.4 is 4.74 Å². The molecule has 6 rings (SSSR count). The zero-order chi connectivity index (χ0) is 25.0. The molecule has 0 saturated carbocycles. The lowest BCUT2D eigenvalue weighted by Gasteiger charge is -2.12. The Morgan fingerprint density at radius 1 is 0.806 bits per heavy atom. The van der Waals surface area contributed by atoms with E-state index in [9.17, 15) is 0 Å². The van der Waals surface area contributed by atoms with E-state index in [4.69, 9.17) is 16.3 Å². The van der Waals surface area contributed by atoms with Crippen molar-refractivity contribution in [3.05, 3.63) is 77.8 Å². The fourth-order valence-electron chi connectivity index (χ4n) is 5.69. The molecule has 0 fully saturated rings. The number of halogens is 1. The van der Waals surface area contributed by atoms with Crippen molar-refractivity contribution in [2.75, 3.05) is 7.11 Å². The first kappa shape index (κ1) is 22.8. The number of nitrogens with zero attached hydrogens (tertiary/aromatic N) is 3. The van der Waals surface area contributed by atoms with Crippen LogP contribution in [0, 0.1) is 0 Å². The van der Waals surface area contributed by atoms with Gasteiger partial charge in [-0.05, 0) is 42.8 Å². The maximum atomic E-state index is 6.57. The molecule has 5 heteroatoms. The van der Waals surface area contributed by atoms with E-state index in [0.717, 1.165) is 63.4 Å². The summed E-state index contributed by atoms with van der Waals surface area (Å²) in [6, 6.07) is 25.8. The fourth-order valence-corrected chi connectivity index (χ4v) is 5.92. The monoisotopic (exact) mass is 495 g/mol. The van der Waals surface area contributed by atoms with Gasteiger partial charge in [-0.1, -0.05) is 61.3 Å². The van der Waals surface area contributed by atoms with Crippen molar-refractivity contribution in [3.63, 3.8) is 0 Å². The Morgan fingerprint density at radius 2 is 1.56 bits per heavy atom. The van der Waals surface area contributed by atoms with E-state index >= 15 is 0 Å². The molecule has 0 unspecified atom stereocenters. The van der Waals surface area contributed by atoms with Gasteiger partial charge in [-0.2, -0.15) is 0 Å². The molecule has 6 aromatic rings. The highest BCUT2D eigenvalue weighted by Gasteiger charge is 2.25. The van der Waals surface area contributed by atoms with Gasteiger partial charge in [0.2, 0.25) is 0 Å². The van der Waals surface area contributed by atoms with Crippen molar-refractivity contribution in [2.24, 2.45) is 14.1 Å². The lowest BCUT2D eigenvalue weighted by molar-refractivity contribution is 0.420.